The third-order valence-electron chi connectivity index (χ3n) is 3.14. The smallest absolute Gasteiger partial charge is 0.131 e. The normalized spacial score (nSPS) is 18.2. The lowest BCUT2D eigenvalue weighted by Gasteiger charge is -2.29. The van der Waals surface area contributed by atoms with Gasteiger partial charge in [0.15, 0.2) is 0 Å². The number of aromatic nitrogens is 2. The Morgan fingerprint density at radius 2 is 2.24 bits per heavy atom. The molecule has 1 aliphatic heterocycles. The van der Waals surface area contributed by atoms with Crippen LogP contribution in [0.2, 0.25) is 0 Å². The van der Waals surface area contributed by atoms with Crippen LogP contribution >= 0.6 is 0 Å². The van der Waals surface area contributed by atoms with Crippen molar-refractivity contribution in [2.24, 2.45) is 5.73 Å². The number of nitrogens with two attached hydrogens (primary N) is 1. The van der Waals surface area contributed by atoms with Crippen LogP contribution in [0.1, 0.15) is 18.7 Å². The summed E-state index contributed by atoms with van der Waals surface area (Å²) in [5.74, 6) is 1.75. The minimum Gasteiger partial charge on any atom is -0.367 e. The van der Waals surface area contributed by atoms with Gasteiger partial charge in [-0.05, 0) is 45.6 Å². The van der Waals surface area contributed by atoms with Crippen molar-refractivity contribution >= 4 is 5.82 Å². The number of rotatable bonds is 4. The van der Waals surface area contributed by atoms with Crippen LogP contribution in [0.25, 0.3) is 0 Å². The average Bonchev–Trinajstić information content (AvgIpc) is 2.33. The highest BCUT2D eigenvalue weighted by molar-refractivity contribution is 5.34. The van der Waals surface area contributed by atoms with Crippen LogP contribution in [0.15, 0.2) is 12.3 Å². The van der Waals surface area contributed by atoms with E-state index in [0.29, 0.717) is 12.6 Å². The van der Waals surface area contributed by atoms with Crippen LogP contribution in [-0.4, -0.2) is 47.6 Å². The van der Waals surface area contributed by atoms with E-state index in [1.165, 1.54) is 12.8 Å². The second-order valence-electron chi connectivity index (χ2n) is 4.62. The van der Waals surface area contributed by atoms with Crippen molar-refractivity contribution < 1.29 is 0 Å². The molecule has 0 unspecified atom stereocenters. The quantitative estimate of drug-likeness (QED) is 0.795. The number of hydrogen-bond donors (Lipinski definition) is 2. The molecular formula is C12H21N5. The molecule has 0 atom stereocenters. The van der Waals surface area contributed by atoms with Crippen molar-refractivity contribution in [1.82, 2.24) is 14.9 Å². The summed E-state index contributed by atoms with van der Waals surface area (Å²) < 4.78 is 0. The summed E-state index contributed by atoms with van der Waals surface area (Å²) in [5.41, 5.74) is 5.50. The SMILES string of the molecule is CN1CCC(Nc2ccnc(CCN)n2)CC1. The summed E-state index contributed by atoms with van der Waals surface area (Å²) in [6, 6.07) is 2.46. The van der Waals surface area contributed by atoms with Gasteiger partial charge in [0.1, 0.15) is 11.6 Å². The Kier molecular flexibility index (Phi) is 4.28. The van der Waals surface area contributed by atoms with Gasteiger partial charge in [-0.2, -0.15) is 0 Å². The van der Waals surface area contributed by atoms with Crippen molar-refractivity contribution in [1.29, 1.82) is 0 Å². The molecule has 94 valence electrons. The molecule has 3 N–H and O–H groups in total. The van der Waals surface area contributed by atoms with Crippen LogP contribution < -0.4 is 11.1 Å². The molecule has 0 saturated carbocycles. The second-order valence-corrected chi connectivity index (χ2v) is 4.62. The van der Waals surface area contributed by atoms with Crippen LogP contribution in [0.3, 0.4) is 0 Å². The Morgan fingerprint density at radius 1 is 1.47 bits per heavy atom. The van der Waals surface area contributed by atoms with Gasteiger partial charge >= 0.3 is 0 Å². The zero-order valence-electron chi connectivity index (χ0n) is 10.4. The van der Waals surface area contributed by atoms with Crippen LogP contribution in [0, 0.1) is 0 Å². The summed E-state index contributed by atoms with van der Waals surface area (Å²) in [6.07, 6.45) is 4.89. The fourth-order valence-electron chi connectivity index (χ4n) is 2.09. The molecule has 0 spiro atoms. The summed E-state index contributed by atoms with van der Waals surface area (Å²) in [7, 11) is 2.17. The maximum atomic E-state index is 5.50. The molecule has 5 heteroatoms. The Morgan fingerprint density at radius 3 is 2.94 bits per heavy atom. The lowest BCUT2D eigenvalue weighted by atomic mass is 10.1. The van der Waals surface area contributed by atoms with Crippen molar-refractivity contribution in [3.05, 3.63) is 18.1 Å². The Labute approximate surface area is 102 Å². The van der Waals surface area contributed by atoms with E-state index >= 15 is 0 Å². The minimum absolute atomic E-state index is 0.534. The lowest BCUT2D eigenvalue weighted by molar-refractivity contribution is 0.263. The van der Waals surface area contributed by atoms with Gasteiger partial charge in [0.05, 0.1) is 0 Å². The minimum atomic E-state index is 0.534. The van der Waals surface area contributed by atoms with E-state index in [9.17, 15) is 0 Å². The first-order chi connectivity index (χ1) is 8.28. The van der Waals surface area contributed by atoms with Gasteiger partial charge < -0.3 is 16.0 Å². The summed E-state index contributed by atoms with van der Waals surface area (Å²) >= 11 is 0. The average molecular weight is 235 g/mol. The predicted molar refractivity (Wildman–Crippen MR) is 68.9 cm³/mol. The predicted octanol–water partition coefficient (Wildman–Crippen LogP) is 0.484. The fraction of sp³-hybridized carbons (Fsp3) is 0.667. The summed E-state index contributed by atoms with van der Waals surface area (Å²) in [6.45, 7) is 2.90. The van der Waals surface area contributed by atoms with Gasteiger partial charge in [-0.3, -0.25) is 0 Å². The van der Waals surface area contributed by atoms with Crippen molar-refractivity contribution in [3.8, 4) is 0 Å². The van der Waals surface area contributed by atoms with Gasteiger partial charge in [-0.25, -0.2) is 9.97 Å². The number of hydrogen-bond acceptors (Lipinski definition) is 5. The molecule has 2 heterocycles. The second kappa shape index (κ2) is 5.93. The molecule has 1 aliphatic rings. The van der Waals surface area contributed by atoms with Crippen molar-refractivity contribution in [3.63, 3.8) is 0 Å². The monoisotopic (exact) mass is 235 g/mol. The molecule has 17 heavy (non-hydrogen) atoms. The molecule has 1 fully saturated rings. The highest BCUT2D eigenvalue weighted by Crippen LogP contribution is 2.13. The largest absolute Gasteiger partial charge is 0.367 e. The molecule has 0 aromatic carbocycles. The van der Waals surface area contributed by atoms with Gasteiger partial charge in [0.2, 0.25) is 0 Å². The summed E-state index contributed by atoms with van der Waals surface area (Å²) in [5, 5.41) is 3.48. The first kappa shape index (κ1) is 12.3. The Hall–Kier alpha value is -1.20. The van der Waals surface area contributed by atoms with Crippen LogP contribution in [-0.2, 0) is 6.42 Å². The number of likely N-dealkylation sites (tertiary alicyclic amines) is 1. The zero-order chi connectivity index (χ0) is 12.1. The third kappa shape index (κ3) is 3.64. The first-order valence-electron chi connectivity index (χ1n) is 6.25. The van der Waals surface area contributed by atoms with Crippen molar-refractivity contribution in [2.75, 3.05) is 32.0 Å². The highest BCUT2D eigenvalue weighted by atomic mass is 15.1. The topological polar surface area (TPSA) is 67.1 Å². The fourth-order valence-corrected chi connectivity index (χ4v) is 2.09. The van der Waals surface area contributed by atoms with E-state index in [0.717, 1.165) is 31.2 Å². The van der Waals surface area contributed by atoms with Gasteiger partial charge in [-0.15, -0.1) is 0 Å². The van der Waals surface area contributed by atoms with E-state index in [2.05, 4.69) is 27.2 Å². The summed E-state index contributed by atoms with van der Waals surface area (Å²) in [4.78, 5) is 11.0. The van der Waals surface area contributed by atoms with Gasteiger partial charge in [0, 0.05) is 18.7 Å². The Balaban J connectivity index is 1.91. The molecule has 0 amide bonds. The maximum Gasteiger partial charge on any atom is 0.131 e. The van der Waals surface area contributed by atoms with E-state index in [-0.39, 0.29) is 0 Å². The molecule has 0 radical (unpaired) electrons. The number of nitrogens with zero attached hydrogens (tertiary/aromatic N) is 3. The van der Waals surface area contributed by atoms with E-state index < -0.39 is 0 Å². The van der Waals surface area contributed by atoms with Crippen LogP contribution in [0.5, 0.6) is 0 Å². The zero-order valence-corrected chi connectivity index (χ0v) is 10.4. The van der Waals surface area contributed by atoms with Crippen molar-refractivity contribution in [2.45, 2.75) is 25.3 Å². The molecule has 1 aromatic heterocycles. The molecule has 1 aromatic rings. The lowest BCUT2D eigenvalue weighted by Crippen LogP contribution is -2.36. The highest BCUT2D eigenvalue weighted by Gasteiger charge is 2.16. The first-order valence-corrected chi connectivity index (χ1v) is 6.25. The van der Waals surface area contributed by atoms with E-state index in [1.807, 2.05) is 6.07 Å². The van der Waals surface area contributed by atoms with E-state index in [1.54, 1.807) is 6.20 Å². The molecule has 5 nitrogen and oxygen atoms in total. The van der Waals surface area contributed by atoms with Crippen LogP contribution in [0.4, 0.5) is 5.82 Å². The van der Waals surface area contributed by atoms with Gasteiger partial charge in [-0.1, -0.05) is 0 Å². The molecular weight excluding hydrogens is 214 g/mol. The number of nitrogens with one attached hydrogen (secondary N) is 1. The third-order valence-corrected chi connectivity index (χ3v) is 3.14. The van der Waals surface area contributed by atoms with E-state index in [4.69, 9.17) is 5.73 Å². The maximum absolute atomic E-state index is 5.50. The number of anilines is 1. The Bertz CT molecular complexity index is 347. The standard InChI is InChI=1S/C12H21N5/c1-17-8-4-10(5-9-17)15-12-3-7-14-11(16-12)2-6-13/h3,7,10H,2,4-6,8-9,13H2,1H3,(H,14,15,16). The molecule has 0 aliphatic carbocycles. The molecule has 0 bridgehead atoms. The molecule has 2 rings (SSSR count). The number of piperidine rings is 1. The molecule has 1 saturated heterocycles. The van der Waals surface area contributed by atoms with Gasteiger partial charge in [0.25, 0.3) is 0 Å².